The number of ether oxygens (including phenoxy) is 1. The first-order valence-corrected chi connectivity index (χ1v) is 13.5. The van der Waals surface area contributed by atoms with E-state index in [9.17, 15) is 14.4 Å². The predicted molar refractivity (Wildman–Crippen MR) is 170 cm³/mol. The van der Waals surface area contributed by atoms with Crippen LogP contribution in [-0.4, -0.2) is 39.9 Å². The summed E-state index contributed by atoms with van der Waals surface area (Å²) in [7, 11) is 0. The van der Waals surface area contributed by atoms with Crippen LogP contribution in [0.5, 0.6) is 11.6 Å². The minimum Gasteiger partial charge on any atom is -0.439 e. The molecule has 3 N–H and O–H groups in total. The number of carbonyl (C=O) groups excluding carboxylic acids is 3. The Morgan fingerprint density at radius 3 is 2.49 bits per heavy atom. The molecule has 1 fully saturated rings. The molecule has 0 radical (unpaired) electrons. The first kappa shape index (κ1) is 30.2. The second-order valence-corrected chi connectivity index (χ2v) is 10.7. The summed E-state index contributed by atoms with van der Waals surface area (Å²) < 4.78 is 5.85. The minimum atomic E-state index is -0.393. The zero-order valence-electron chi connectivity index (χ0n) is 22.4. The number of amides is 4. The Morgan fingerprint density at radius 1 is 1.05 bits per heavy atom. The molecule has 2 aliphatic rings. The Morgan fingerprint density at radius 2 is 1.78 bits per heavy atom. The van der Waals surface area contributed by atoms with Gasteiger partial charge in [-0.1, -0.05) is 18.2 Å². The van der Waals surface area contributed by atoms with Gasteiger partial charge in [0.2, 0.25) is 11.8 Å². The van der Waals surface area contributed by atoms with Gasteiger partial charge in [-0.25, -0.2) is 14.8 Å². The molecule has 10 nitrogen and oxygen atoms in total. The molecule has 4 amide bonds. The molecule has 0 saturated heterocycles. The Labute approximate surface area is 254 Å². The van der Waals surface area contributed by atoms with Crippen LogP contribution >= 0.6 is 38.3 Å². The van der Waals surface area contributed by atoms with Gasteiger partial charge < -0.3 is 20.7 Å². The lowest BCUT2D eigenvalue weighted by Gasteiger charge is -2.29. The quantitative estimate of drug-likeness (QED) is 0.265. The summed E-state index contributed by atoms with van der Waals surface area (Å²) in [6.45, 7) is 3.38. The maximum absolute atomic E-state index is 13.5. The monoisotopic (exact) mass is 610 g/mol. The van der Waals surface area contributed by atoms with Gasteiger partial charge in [-0.05, 0) is 49.9 Å². The molecule has 0 spiro atoms. The first-order chi connectivity index (χ1) is 18.9. The number of urea groups is 1. The molecule has 1 saturated carbocycles. The average Bonchev–Trinajstić information content (AvgIpc) is 3.50. The molecule has 1 aliphatic heterocycles. The summed E-state index contributed by atoms with van der Waals surface area (Å²) in [5.74, 6) is 0.750. The van der Waals surface area contributed by atoms with Crippen LogP contribution in [0, 0.1) is 6.92 Å². The van der Waals surface area contributed by atoms with Gasteiger partial charge in [0.25, 0.3) is 5.91 Å². The van der Waals surface area contributed by atoms with Crippen molar-refractivity contribution in [3.05, 3.63) is 65.3 Å². The Balaban J connectivity index is 0.00000194. The second kappa shape index (κ2) is 12.4. The third-order valence-electron chi connectivity index (χ3n) is 6.89. The van der Waals surface area contributed by atoms with Crippen LogP contribution < -0.4 is 25.6 Å². The number of aryl methyl sites for hydroxylation is 1. The molecule has 3 aromatic heterocycles. The van der Waals surface area contributed by atoms with E-state index < -0.39 is 6.03 Å². The van der Waals surface area contributed by atoms with E-state index in [1.54, 1.807) is 29.4 Å². The van der Waals surface area contributed by atoms with Gasteiger partial charge in [-0.3, -0.25) is 14.5 Å². The smallest absolute Gasteiger partial charge is 0.331 e. The Hall–Kier alpha value is -3.81. The number of nitrogens with one attached hydrogen (secondary N) is 3. The number of para-hydroxylation sites is 1. The van der Waals surface area contributed by atoms with Gasteiger partial charge in [-0.15, -0.1) is 11.3 Å². The molecule has 214 valence electrons. The van der Waals surface area contributed by atoms with Gasteiger partial charge in [0, 0.05) is 31.3 Å². The van der Waals surface area contributed by atoms with Crippen molar-refractivity contribution in [2.24, 2.45) is 0 Å². The number of nitrogens with zero attached hydrogens (tertiary/aromatic N) is 3. The highest BCUT2D eigenvalue weighted by atomic mass is 32.1. The van der Waals surface area contributed by atoms with Gasteiger partial charge in [0.1, 0.15) is 15.5 Å². The zero-order chi connectivity index (χ0) is 27.1. The van der Waals surface area contributed by atoms with E-state index in [0.29, 0.717) is 50.2 Å². The summed E-state index contributed by atoms with van der Waals surface area (Å²) in [4.78, 5) is 49.7. The lowest BCUT2D eigenvalue weighted by molar-refractivity contribution is -0.119. The van der Waals surface area contributed by atoms with Gasteiger partial charge >= 0.3 is 6.03 Å². The maximum atomic E-state index is 13.5. The van der Waals surface area contributed by atoms with E-state index >= 15 is 0 Å². The third-order valence-corrected chi connectivity index (χ3v) is 7.99. The number of rotatable bonds is 6. The summed E-state index contributed by atoms with van der Waals surface area (Å²) >= 11 is 1.24. The Kier molecular flexibility index (Phi) is 9.10. The van der Waals surface area contributed by atoms with Gasteiger partial charge in [0.05, 0.1) is 28.6 Å². The molecular weight excluding hydrogens is 581 g/mol. The van der Waals surface area contributed by atoms with Crippen molar-refractivity contribution in [1.29, 1.82) is 0 Å². The van der Waals surface area contributed by atoms with Crippen molar-refractivity contribution in [2.75, 3.05) is 10.2 Å². The molecule has 6 rings (SSSR count). The van der Waals surface area contributed by atoms with Crippen LogP contribution in [0.25, 0.3) is 10.2 Å². The van der Waals surface area contributed by atoms with Crippen LogP contribution in [0.4, 0.5) is 21.9 Å². The van der Waals surface area contributed by atoms with E-state index in [0.717, 1.165) is 18.4 Å². The lowest BCUT2D eigenvalue weighted by atomic mass is 10.1. The topological polar surface area (TPSA) is 126 Å². The largest absolute Gasteiger partial charge is 0.439 e. The van der Waals surface area contributed by atoms with E-state index in [2.05, 4.69) is 25.9 Å². The number of thiophene rings is 1. The summed E-state index contributed by atoms with van der Waals surface area (Å²) in [5, 5.41) is 9.62. The number of anilines is 3. The fourth-order valence-electron chi connectivity index (χ4n) is 5.19. The molecule has 1 aromatic carbocycles. The van der Waals surface area contributed by atoms with E-state index in [1.807, 2.05) is 37.3 Å². The van der Waals surface area contributed by atoms with Crippen molar-refractivity contribution in [2.45, 2.75) is 45.2 Å². The molecular formula is C28H30N6O4S3. The number of aromatic nitrogens is 2. The second-order valence-electron chi connectivity index (χ2n) is 9.69. The van der Waals surface area contributed by atoms with Crippen molar-refractivity contribution >= 4 is 83.5 Å². The van der Waals surface area contributed by atoms with E-state index in [-0.39, 0.29) is 50.9 Å². The maximum Gasteiger partial charge on any atom is 0.331 e. The van der Waals surface area contributed by atoms with Crippen LogP contribution in [0.3, 0.4) is 0 Å². The standard InChI is InChI=1S/C28H26N6O4S.2H2S/c1-15-12-22(38-19-6-4-3-5-7-19)30-14-21(15)34-20-10-11-29-27-23(20)24(33-28(34)37)25(39-27)26(36)32-18-9-8-17(13-18)31-16(2)35;;/h3-7,10-12,14,17-18H,8-9,13H2,1-2H3,(H,31,35)(H,32,36)(H,33,37);2*1H2/t17-,18-;;/m0../s1. The molecule has 41 heavy (non-hydrogen) atoms. The highest BCUT2D eigenvalue weighted by Crippen LogP contribution is 2.46. The summed E-state index contributed by atoms with van der Waals surface area (Å²) in [5.41, 5.74) is 2.48. The van der Waals surface area contributed by atoms with E-state index in [4.69, 9.17) is 4.74 Å². The highest BCUT2D eigenvalue weighted by molar-refractivity contribution is 7.59. The lowest BCUT2D eigenvalue weighted by Crippen LogP contribution is -2.37. The van der Waals surface area contributed by atoms with E-state index in [1.165, 1.54) is 18.3 Å². The van der Waals surface area contributed by atoms with Crippen molar-refractivity contribution in [3.63, 3.8) is 0 Å². The van der Waals surface area contributed by atoms with Crippen LogP contribution in [0.15, 0.2) is 54.9 Å². The van der Waals surface area contributed by atoms with Crippen molar-refractivity contribution in [1.82, 2.24) is 20.6 Å². The van der Waals surface area contributed by atoms with Crippen molar-refractivity contribution < 1.29 is 19.1 Å². The number of benzene rings is 1. The SMILES string of the molecule is CC(=O)N[C@H]1CC[C@H](NC(=O)c2sc3nccc4c3c2NC(=O)N4c2cnc(Oc3ccccc3)cc2C)C1.S.S. The Bertz CT molecular complexity index is 1610. The predicted octanol–water partition coefficient (Wildman–Crippen LogP) is 5.49. The average molecular weight is 611 g/mol. The summed E-state index contributed by atoms with van der Waals surface area (Å²) in [6, 6.07) is 12.5. The molecule has 4 aromatic rings. The molecule has 0 bridgehead atoms. The first-order valence-electron chi connectivity index (χ1n) is 12.7. The van der Waals surface area contributed by atoms with Crippen LogP contribution in [-0.2, 0) is 4.79 Å². The molecule has 4 heterocycles. The molecule has 2 atom stereocenters. The number of pyridine rings is 2. The fourth-order valence-corrected chi connectivity index (χ4v) is 6.21. The van der Waals surface area contributed by atoms with Crippen LogP contribution in [0.2, 0.25) is 0 Å². The minimum absolute atomic E-state index is 0. The number of carbonyl (C=O) groups is 3. The third kappa shape index (κ3) is 5.97. The molecule has 1 aliphatic carbocycles. The van der Waals surface area contributed by atoms with Gasteiger partial charge in [0.15, 0.2) is 0 Å². The summed E-state index contributed by atoms with van der Waals surface area (Å²) in [6.07, 6.45) is 5.50. The van der Waals surface area contributed by atoms with Crippen LogP contribution in [0.1, 0.15) is 41.4 Å². The number of hydrogen-bond donors (Lipinski definition) is 3. The number of hydrogen-bond acceptors (Lipinski definition) is 7. The normalized spacial score (nSPS) is 17.2. The molecule has 0 unspecified atom stereocenters. The zero-order valence-corrected chi connectivity index (χ0v) is 25.2. The van der Waals surface area contributed by atoms with Gasteiger partial charge in [-0.2, -0.15) is 27.0 Å². The highest BCUT2D eigenvalue weighted by Gasteiger charge is 2.35. The van der Waals surface area contributed by atoms with Crippen molar-refractivity contribution in [3.8, 4) is 11.6 Å². The fraction of sp³-hybridized carbons (Fsp3) is 0.250. The molecule has 13 heteroatoms.